The van der Waals surface area contributed by atoms with Gasteiger partial charge in [0.2, 0.25) is 11.8 Å². The van der Waals surface area contributed by atoms with Gasteiger partial charge in [0, 0.05) is 44.7 Å². The van der Waals surface area contributed by atoms with E-state index in [4.69, 9.17) is 4.42 Å². The highest BCUT2D eigenvalue weighted by molar-refractivity contribution is 5.92. The summed E-state index contributed by atoms with van der Waals surface area (Å²) >= 11 is 0. The summed E-state index contributed by atoms with van der Waals surface area (Å²) in [5, 5.41) is 2.75. The van der Waals surface area contributed by atoms with Crippen LogP contribution in [0.1, 0.15) is 12.2 Å². The number of carbonyl (C=O) groups is 2. The Hall–Kier alpha value is -2.67. The van der Waals surface area contributed by atoms with E-state index in [9.17, 15) is 14.0 Å². The molecular formula is C19H22FN3O3. The van der Waals surface area contributed by atoms with E-state index in [1.54, 1.807) is 6.26 Å². The van der Waals surface area contributed by atoms with Gasteiger partial charge < -0.3 is 14.6 Å². The summed E-state index contributed by atoms with van der Waals surface area (Å²) < 4.78 is 18.1. The van der Waals surface area contributed by atoms with Crippen LogP contribution in [0.15, 0.2) is 47.1 Å². The van der Waals surface area contributed by atoms with Crippen LogP contribution in [0.4, 0.5) is 10.1 Å². The van der Waals surface area contributed by atoms with Gasteiger partial charge in [-0.2, -0.15) is 0 Å². The molecule has 1 aromatic heterocycles. The number of benzene rings is 1. The summed E-state index contributed by atoms with van der Waals surface area (Å²) in [4.78, 5) is 28.2. The number of amides is 2. The first-order valence-corrected chi connectivity index (χ1v) is 8.68. The highest BCUT2D eigenvalue weighted by atomic mass is 19.1. The summed E-state index contributed by atoms with van der Waals surface area (Å²) in [5.74, 6) is 0.441. The molecular weight excluding hydrogens is 337 g/mol. The number of anilines is 1. The first-order chi connectivity index (χ1) is 12.6. The zero-order valence-corrected chi connectivity index (χ0v) is 14.5. The Labute approximate surface area is 151 Å². The largest absolute Gasteiger partial charge is 0.469 e. The predicted molar refractivity (Wildman–Crippen MR) is 95.1 cm³/mol. The molecule has 7 heteroatoms. The summed E-state index contributed by atoms with van der Waals surface area (Å²) in [7, 11) is 0. The second-order valence-corrected chi connectivity index (χ2v) is 6.29. The third kappa shape index (κ3) is 5.16. The van der Waals surface area contributed by atoms with Crippen molar-refractivity contribution in [2.24, 2.45) is 0 Å². The fourth-order valence-corrected chi connectivity index (χ4v) is 2.94. The fourth-order valence-electron chi connectivity index (χ4n) is 2.94. The number of nitrogens with one attached hydrogen (secondary N) is 1. The molecule has 1 N–H and O–H groups in total. The number of aryl methyl sites for hydroxylation is 1. The number of hydrogen-bond acceptors (Lipinski definition) is 4. The Morgan fingerprint density at radius 3 is 2.46 bits per heavy atom. The third-order valence-electron chi connectivity index (χ3n) is 4.39. The second kappa shape index (κ2) is 8.62. The predicted octanol–water partition coefficient (Wildman–Crippen LogP) is 2.13. The van der Waals surface area contributed by atoms with E-state index in [0.717, 1.165) is 5.76 Å². The molecule has 0 saturated carbocycles. The molecule has 0 bridgehead atoms. The van der Waals surface area contributed by atoms with Crippen LogP contribution in [0, 0.1) is 5.82 Å². The first kappa shape index (κ1) is 18.1. The van der Waals surface area contributed by atoms with Gasteiger partial charge in [-0.1, -0.05) is 0 Å². The smallest absolute Gasteiger partial charge is 0.238 e. The van der Waals surface area contributed by atoms with Gasteiger partial charge in [0.25, 0.3) is 0 Å². The summed E-state index contributed by atoms with van der Waals surface area (Å²) in [6.45, 7) is 2.79. The van der Waals surface area contributed by atoms with Gasteiger partial charge >= 0.3 is 0 Å². The minimum atomic E-state index is -0.337. The molecule has 6 nitrogen and oxygen atoms in total. The molecule has 2 aromatic rings. The van der Waals surface area contributed by atoms with Crippen LogP contribution in [-0.2, 0) is 16.0 Å². The van der Waals surface area contributed by atoms with E-state index in [1.165, 1.54) is 24.3 Å². The van der Waals surface area contributed by atoms with E-state index in [2.05, 4.69) is 5.32 Å². The van der Waals surface area contributed by atoms with Gasteiger partial charge in [-0.05, 0) is 36.4 Å². The summed E-state index contributed by atoms with van der Waals surface area (Å²) in [6, 6.07) is 9.36. The maximum absolute atomic E-state index is 12.9. The molecule has 1 fully saturated rings. The number of carbonyl (C=O) groups excluding carboxylic acids is 2. The Bertz CT molecular complexity index is 723. The average molecular weight is 359 g/mol. The van der Waals surface area contributed by atoms with Crippen LogP contribution in [-0.4, -0.2) is 54.3 Å². The Morgan fingerprint density at radius 1 is 1.08 bits per heavy atom. The molecule has 2 heterocycles. The van der Waals surface area contributed by atoms with Gasteiger partial charge in [0.15, 0.2) is 0 Å². The summed E-state index contributed by atoms with van der Waals surface area (Å²) in [5.41, 5.74) is 0.572. The normalized spacial score (nSPS) is 15.0. The number of halogens is 1. The number of rotatable bonds is 6. The molecule has 0 radical (unpaired) electrons. The van der Waals surface area contributed by atoms with Crippen LogP contribution in [0.5, 0.6) is 0 Å². The average Bonchev–Trinajstić information content (AvgIpc) is 3.16. The Kier molecular flexibility index (Phi) is 6.01. The molecule has 1 saturated heterocycles. The van der Waals surface area contributed by atoms with E-state index in [-0.39, 0.29) is 24.2 Å². The molecule has 2 amide bonds. The van der Waals surface area contributed by atoms with Crippen molar-refractivity contribution in [1.29, 1.82) is 0 Å². The van der Waals surface area contributed by atoms with Gasteiger partial charge in [-0.3, -0.25) is 14.5 Å². The van der Waals surface area contributed by atoms with Crippen molar-refractivity contribution in [3.63, 3.8) is 0 Å². The second-order valence-electron chi connectivity index (χ2n) is 6.29. The van der Waals surface area contributed by atoms with Gasteiger partial charge in [-0.25, -0.2) is 4.39 Å². The standard InChI is InChI=1S/C19H22FN3O3/c20-15-3-5-16(6-4-15)21-18(24)14-22-9-11-23(12-10-22)19(25)8-7-17-2-1-13-26-17/h1-6,13H,7-12,14H2,(H,21,24). The van der Waals surface area contributed by atoms with Crippen LogP contribution in [0.25, 0.3) is 0 Å². The third-order valence-corrected chi connectivity index (χ3v) is 4.39. The quantitative estimate of drug-likeness (QED) is 0.858. The lowest BCUT2D eigenvalue weighted by Gasteiger charge is -2.34. The zero-order chi connectivity index (χ0) is 18.4. The lowest BCUT2D eigenvalue weighted by atomic mass is 10.2. The highest BCUT2D eigenvalue weighted by Gasteiger charge is 2.22. The monoisotopic (exact) mass is 359 g/mol. The van der Waals surface area contributed by atoms with Crippen LogP contribution >= 0.6 is 0 Å². The van der Waals surface area contributed by atoms with E-state index in [1.807, 2.05) is 21.9 Å². The maximum atomic E-state index is 12.9. The minimum absolute atomic E-state index is 0.108. The molecule has 138 valence electrons. The van der Waals surface area contributed by atoms with Crippen molar-refractivity contribution < 1.29 is 18.4 Å². The number of furan rings is 1. The van der Waals surface area contributed by atoms with Crippen molar-refractivity contribution in [1.82, 2.24) is 9.80 Å². The lowest BCUT2D eigenvalue weighted by Crippen LogP contribution is -2.50. The number of hydrogen-bond donors (Lipinski definition) is 1. The number of piperazine rings is 1. The molecule has 26 heavy (non-hydrogen) atoms. The molecule has 0 unspecified atom stereocenters. The van der Waals surface area contributed by atoms with Crippen molar-refractivity contribution in [2.45, 2.75) is 12.8 Å². The van der Waals surface area contributed by atoms with Crippen molar-refractivity contribution in [3.05, 3.63) is 54.2 Å². The fraction of sp³-hybridized carbons (Fsp3) is 0.368. The summed E-state index contributed by atoms with van der Waals surface area (Å²) in [6.07, 6.45) is 2.64. The van der Waals surface area contributed by atoms with Crippen molar-refractivity contribution in [3.8, 4) is 0 Å². The first-order valence-electron chi connectivity index (χ1n) is 8.68. The van der Waals surface area contributed by atoms with E-state index < -0.39 is 0 Å². The van der Waals surface area contributed by atoms with Crippen LogP contribution < -0.4 is 5.32 Å². The molecule has 1 aliphatic rings. The SMILES string of the molecule is O=C(CN1CCN(C(=O)CCc2ccco2)CC1)Nc1ccc(F)cc1. The molecule has 1 aliphatic heterocycles. The van der Waals surface area contributed by atoms with Gasteiger partial charge in [0.05, 0.1) is 12.8 Å². The maximum Gasteiger partial charge on any atom is 0.238 e. The molecule has 0 spiro atoms. The molecule has 0 atom stereocenters. The topological polar surface area (TPSA) is 65.8 Å². The van der Waals surface area contributed by atoms with Crippen molar-refractivity contribution in [2.75, 3.05) is 38.0 Å². The Balaban J connectivity index is 1.38. The molecule has 3 rings (SSSR count). The van der Waals surface area contributed by atoms with Crippen LogP contribution in [0.2, 0.25) is 0 Å². The van der Waals surface area contributed by atoms with Crippen LogP contribution in [0.3, 0.4) is 0 Å². The molecule has 1 aromatic carbocycles. The van der Waals surface area contributed by atoms with E-state index >= 15 is 0 Å². The minimum Gasteiger partial charge on any atom is -0.469 e. The lowest BCUT2D eigenvalue weighted by molar-refractivity contribution is -0.133. The van der Waals surface area contributed by atoms with Gasteiger partial charge in [-0.15, -0.1) is 0 Å². The van der Waals surface area contributed by atoms with Gasteiger partial charge in [0.1, 0.15) is 11.6 Å². The molecule has 0 aliphatic carbocycles. The number of nitrogens with zero attached hydrogens (tertiary/aromatic N) is 2. The van der Waals surface area contributed by atoms with Crippen molar-refractivity contribution >= 4 is 17.5 Å². The highest BCUT2D eigenvalue weighted by Crippen LogP contribution is 2.10. The zero-order valence-electron chi connectivity index (χ0n) is 14.5. The van der Waals surface area contributed by atoms with E-state index in [0.29, 0.717) is 44.7 Å². The Morgan fingerprint density at radius 2 is 1.81 bits per heavy atom.